The van der Waals surface area contributed by atoms with E-state index in [2.05, 4.69) is 0 Å². The first-order valence-corrected chi connectivity index (χ1v) is 22.5. The van der Waals surface area contributed by atoms with Crippen LogP contribution < -0.4 is 14.2 Å². The normalized spacial score (nSPS) is 11.7. The van der Waals surface area contributed by atoms with Gasteiger partial charge in [-0.3, -0.25) is 27.1 Å². The summed E-state index contributed by atoms with van der Waals surface area (Å²) in [5.74, 6) is 0.0117. The minimum absolute atomic E-state index is 0.0795. The van der Waals surface area contributed by atoms with Crippen molar-refractivity contribution in [2.45, 2.75) is 52.5 Å². The van der Waals surface area contributed by atoms with Gasteiger partial charge in [0.2, 0.25) is 0 Å². The molecule has 0 amide bonds. The van der Waals surface area contributed by atoms with Crippen LogP contribution in [0.3, 0.4) is 0 Å². The highest BCUT2D eigenvalue weighted by Crippen LogP contribution is 2.53. The minimum Gasteiger partial charge on any atom is -0.487 e. The van der Waals surface area contributed by atoms with E-state index < -0.39 is 40.9 Å². The van der Waals surface area contributed by atoms with Crippen molar-refractivity contribution < 1.29 is 55.3 Å². The fourth-order valence-electron chi connectivity index (χ4n) is 5.52. The third-order valence-corrected chi connectivity index (χ3v) is 11.3. The first-order valence-electron chi connectivity index (χ1n) is 19.6. The van der Waals surface area contributed by atoms with E-state index in [1.165, 1.54) is 12.1 Å². The van der Waals surface area contributed by atoms with Gasteiger partial charge >= 0.3 is 21.6 Å². The van der Waals surface area contributed by atoms with Gasteiger partial charge in [0.25, 0.3) is 0 Å². The highest BCUT2D eigenvalue weighted by atomic mass is 31.2. The predicted octanol–water partition coefficient (Wildman–Crippen LogP) is 11.6. The van der Waals surface area contributed by atoms with Gasteiger partial charge in [0.15, 0.2) is 11.5 Å². The number of ether oxygens (including phenoxy) is 3. The molecule has 0 aliphatic carbocycles. The average molecular weight is 867 g/mol. The maximum atomic E-state index is 14.3. The summed E-state index contributed by atoms with van der Waals surface area (Å²) in [6, 6.07) is 49.8. The van der Waals surface area contributed by atoms with Gasteiger partial charge in [-0.2, -0.15) is 0 Å². The Balaban J connectivity index is 1.26. The van der Waals surface area contributed by atoms with Crippen molar-refractivity contribution in [1.82, 2.24) is 0 Å². The van der Waals surface area contributed by atoms with E-state index in [-0.39, 0.29) is 49.8 Å². The van der Waals surface area contributed by atoms with Crippen LogP contribution in [0.15, 0.2) is 170 Å². The predicted molar refractivity (Wildman–Crippen MR) is 230 cm³/mol. The van der Waals surface area contributed by atoms with E-state index in [0.29, 0.717) is 5.56 Å². The Labute approximate surface area is 356 Å². The Morgan fingerprint density at radius 1 is 0.459 bits per heavy atom. The number of hydrogen-bond donors (Lipinski definition) is 0. The van der Waals surface area contributed by atoms with Gasteiger partial charge in [-0.05, 0) is 60.4 Å². The summed E-state index contributed by atoms with van der Waals surface area (Å²) in [5, 5.41) is 0. The Morgan fingerprint density at radius 3 is 1.21 bits per heavy atom. The molecule has 61 heavy (non-hydrogen) atoms. The average Bonchev–Trinajstić information content (AvgIpc) is 3.29. The zero-order chi connectivity index (χ0) is 42.8. The second-order valence-electron chi connectivity index (χ2n) is 13.8. The number of esters is 1. The number of rotatable bonds is 24. The number of benzene rings is 6. The Morgan fingerprint density at radius 2 is 0.836 bits per heavy atom. The minimum atomic E-state index is -4.31. The summed E-state index contributed by atoms with van der Waals surface area (Å²) < 4.78 is 82.2. The number of phosphoric ester groups is 2. The lowest BCUT2D eigenvalue weighted by Gasteiger charge is -2.25. The maximum absolute atomic E-state index is 14.3. The van der Waals surface area contributed by atoms with Crippen LogP contribution >= 0.6 is 15.6 Å². The number of carbonyl (C=O) groups is 1. The lowest BCUT2D eigenvalue weighted by Crippen LogP contribution is -2.28. The zero-order valence-corrected chi connectivity index (χ0v) is 35.6. The van der Waals surface area contributed by atoms with Gasteiger partial charge in [0.1, 0.15) is 11.9 Å². The standard InChI is InChI=1S/C47H48O12P2/c1-37(2)57-46-30-43(28-29-45(46)59-47(48)42-26-16-7-17-27-42)58-44(35-55-60(49,51-31-38-18-8-3-9-19-38)52-32-39-20-10-4-11-21-39)36-56-61(50,53-33-40-22-12-5-13-23-40)54-34-41-24-14-6-15-25-41/h3-30,37,44H,31-36H2,1-2H3. The molecule has 0 N–H and O–H groups in total. The molecule has 0 bridgehead atoms. The molecule has 0 unspecified atom stereocenters. The molecule has 0 radical (unpaired) electrons. The van der Waals surface area contributed by atoms with Crippen LogP contribution in [-0.4, -0.2) is 31.4 Å². The number of phosphoric acid groups is 2. The summed E-state index contributed by atoms with van der Waals surface area (Å²) >= 11 is 0. The van der Waals surface area contributed by atoms with Crippen molar-refractivity contribution in [2.24, 2.45) is 0 Å². The molecular formula is C47H48O12P2. The van der Waals surface area contributed by atoms with E-state index in [0.717, 1.165) is 22.3 Å². The summed E-state index contributed by atoms with van der Waals surface area (Å²) in [4.78, 5) is 13.0. The van der Waals surface area contributed by atoms with E-state index in [1.54, 1.807) is 36.4 Å². The summed E-state index contributed by atoms with van der Waals surface area (Å²) in [7, 11) is -8.62. The van der Waals surface area contributed by atoms with Crippen LogP contribution in [-0.2, 0) is 62.7 Å². The fraction of sp³-hybridized carbons (Fsp3) is 0.213. The van der Waals surface area contributed by atoms with Gasteiger partial charge in [-0.25, -0.2) is 13.9 Å². The van der Waals surface area contributed by atoms with Crippen molar-refractivity contribution in [3.8, 4) is 17.2 Å². The summed E-state index contributed by atoms with van der Waals surface area (Å²) in [6.07, 6.45) is -1.44. The molecule has 0 aromatic heterocycles. The molecule has 0 atom stereocenters. The van der Waals surface area contributed by atoms with Gasteiger partial charge < -0.3 is 14.2 Å². The maximum Gasteiger partial charge on any atom is 0.475 e. The van der Waals surface area contributed by atoms with Gasteiger partial charge in [0, 0.05) is 6.07 Å². The number of carbonyl (C=O) groups excluding carboxylic acids is 1. The second-order valence-corrected chi connectivity index (χ2v) is 17.1. The third-order valence-electron chi connectivity index (χ3n) is 8.56. The van der Waals surface area contributed by atoms with Crippen LogP contribution in [0.1, 0.15) is 46.5 Å². The highest BCUT2D eigenvalue weighted by molar-refractivity contribution is 7.48. The molecule has 318 valence electrons. The molecule has 0 heterocycles. The molecule has 14 heteroatoms. The van der Waals surface area contributed by atoms with Crippen LogP contribution in [0, 0.1) is 0 Å². The Bertz CT molecular complexity index is 2110. The molecule has 6 aromatic carbocycles. The fourth-order valence-corrected chi connectivity index (χ4v) is 7.89. The van der Waals surface area contributed by atoms with Gasteiger partial charge in [0.05, 0.1) is 51.3 Å². The van der Waals surface area contributed by atoms with Gasteiger partial charge in [-0.1, -0.05) is 140 Å². The quantitative estimate of drug-likeness (QED) is 0.0325. The van der Waals surface area contributed by atoms with Crippen molar-refractivity contribution >= 4 is 21.6 Å². The van der Waals surface area contributed by atoms with E-state index in [4.69, 9.17) is 41.4 Å². The van der Waals surface area contributed by atoms with Gasteiger partial charge in [-0.15, -0.1) is 0 Å². The smallest absolute Gasteiger partial charge is 0.475 e. The van der Waals surface area contributed by atoms with Crippen LogP contribution in [0.5, 0.6) is 17.2 Å². The van der Waals surface area contributed by atoms with Crippen LogP contribution in [0.2, 0.25) is 0 Å². The summed E-state index contributed by atoms with van der Waals surface area (Å²) in [6.45, 7) is 2.45. The lowest BCUT2D eigenvalue weighted by molar-refractivity contribution is 0.0265. The van der Waals surface area contributed by atoms with Crippen molar-refractivity contribution in [3.63, 3.8) is 0 Å². The Kier molecular flexibility index (Phi) is 17.0. The first-order chi connectivity index (χ1) is 29.6. The SMILES string of the molecule is CC(C)Oc1cc(OC(COP(=O)(OCc2ccccc2)OCc2ccccc2)COP(=O)(OCc2ccccc2)OCc2ccccc2)ccc1OC(=O)c1ccccc1. The second kappa shape index (κ2) is 23.0. The molecule has 6 rings (SSSR count). The molecule has 0 spiro atoms. The molecule has 0 saturated heterocycles. The lowest BCUT2D eigenvalue weighted by atomic mass is 10.2. The molecule has 0 aliphatic heterocycles. The molecular weight excluding hydrogens is 818 g/mol. The molecule has 0 saturated carbocycles. The highest BCUT2D eigenvalue weighted by Gasteiger charge is 2.33. The number of hydrogen-bond acceptors (Lipinski definition) is 12. The zero-order valence-electron chi connectivity index (χ0n) is 33.9. The Hall–Kier alpha value is -5.39. The third kappa shape index (κ3) is 15.2. The van der Waals surface area contributed by atoms with Crippen LogP contribution in [0.25, 0.3) is 0 Å². The van der Waals surface area contributed by atoms with Crippen molar-refractivity contribution in [3.05, 3.63) is 198 Å². The van der Waals surface area contributed by atoms with E-state index >= 15 is 0 Å². The van der Waals surface area contributed by atoms with Crippen molar-refractivity contribution in [1.29, 1.82) is 0 Å². The van der Waals surface area contributed by atoms with E-state index in [9.17, 15) is 13.9 Å². The van der Waals surface area contributed by atoms with Crippen LogP contribution in [0.4, 0.5) is 0 Å². The monoisotopic (exact) mass is 866 g/mol. The van der Waals surface area contributed by atoms with E-state index in [1.807, 2.05) is 135 Å². The first kappa shape index (κ1) is 45.1. The molecule has 0 fully saturated rings. The summed E-state index contributed by atoms with van der Waals surface area (Å²) in [5.41, 5.74) is 3.31. The molecule has 0 aliphatic rings. The van der Waals surface area contributed by atoms with Crippen molar-refractivity contribution in [2.75, 3.05) is 13.2 Å². The molecule has 12 nitrogen and oxygen atoms in total. The largest absolute Gasteiger partial charge is 0.487 e. The topological polar surface area (TPSA) is 134 Å². The molecule has 6 aromatic rings.